The van der Waals surface area contributed by atoms with Crippen molar-refractivity contribution in [1.29, 1.82) is 0 Å². The predicted molar refractivity (Wildman–Crippen MR) is 154 cm³/mol. The van der Waals surface area contributed by atoms with Crippen molar-refractivity contribution in [3.8, 4) is 11.1 Å². The molecule has 0 spiro atoms. The molecule has 0 saturated carbocycles. The number of nitrogens with one attached hydrogen (secondary N) is 1. The fourth-order valence-corrected chi connectivity index (χ4v) is 5.22. The predicted octanol–water partition coefficient (Wildman–Crippen LogP) is 6.04. The molecule has 1 aliphatic heterocycles. The average molecular weight is 525 g/mol. The Morgan fingerprint density at radius 1 is 0.974 bits per heavy atom. The standard InChI is InChI=1S/C32H36BNO5/c1-21-16-22(19-35)14-15-23(21)17-24(33-38-31(2,3)32(4,5)39-33)18-34-30(36)37-20-29-27-12-8-6-10-25(27)26-11-7-9-13-28(26)29/h6-17,29,35H,18-20H2,1-5H3,(H,34,36). The van der Waals surface area contributed by atoms with Gasteiger partial charge in [0.25, 0.3) is 0 Å². The number of alkyl carbamates (subject to hydrolysis) is 1. The molecule has 1 heterocycles. The Bertz CT molecular complexity index is 1350. The Labute approximate surface area is 231 Å². The number of fused-ring (bicyclic) bond motifs is 3. The number of benzene rings is 3. The van der Waals surface area contributed by atoms with Crippen LogP contribution in [0.1, 0.15) is 61.4 Å². The van der Waals surface area contributed by atoms with Gasteiger partial charge in [-0.25, -0.2) is 4.79 Å². The van der Waals surface area contributed by atoms with Crippen LogP contribution >= 0.6 is 0 Å². The lowest BCUT2D eigenvalue weighted by Gasteiger charge is -2.32. The number of aryl methyl sites for hydroxylation is 1. The molecule has 3 aromatic carbocycles. The molecule has 2 aliphatic rings. The highest BCUT2D eigenvalue weighted by Crippen LogP contribution is 2.44. The maximum Gasteiger partial charge on any atom is 0.492 e. The van der Waals surface area contributed by atoms with Gasteiger partial charge in [-0.05, 0) is 79.0 Å². The second-order valence-electron chi connectivity index (χ2n) is 11.3. The van der Waals surface area contributed by atoms with Gasteiger partial charge in [0, 0.05) is 12.5 Å². The first kappa shape index (κ1) is 27.2. The molecule has 202 valence electrons. The quantitative estimate of drug-likeness (QED) is 0.368. The normalized spacial score (nSPS) is 17.6. The van der Waals surface area contributed by atoms with Crippen LogP contribution in [0, 0.1) is 6.92 Å². The number of ether oxygens (including phenoxy) is 1. The minimum absolute atomic E-state index is 0.00560. The minimum atomic E-state index is -0.624. The second-order valence-corrected chi connectivity index (χ2v) is 11.3. The van der Waals surface area contributed by atoms with Crippen molar-refractivity contribution in [3.63, 3.8) is 0 Å². The molecule has 0 atom stereocenters. The van der Waals surface area contributed by atoms with Crippen LogP contribution in [-0.4, -0.2) is 42.7 Å². The van der Waals surface area contributed by atoms with E-state index in [4.69, 9.17) is 14.0 Å². The monoisotopic (exact) mass is 525 g/mol. The minimum Gasteiger partial charge on any atom is -0.449 e. The third-order valence-corrected chi connectivity index (χ3v) is 8.19. The lowest BCUT2D eigenvalue weighted by molar-refractivity contribution is 0.00578. The molecule has 1 saturated heterocycles. The zero-order valence-electron chi connectivity index (χ0n) is 23.3. The number of hydrogen-bond acceptors (Lipinski definition) is 5. The SMILES string of the molecule is Cc1cc(CO)ccc1C=C(CNC(=O)OCC1c2ccccc2-c2ccccc21)B1OC(C)(C)C(C)(C)O1. The van der Waals surface area contributed by atoms with Gasteiger partial charge in [0.1, 0.15) is 6.61 Å². The Kier molecular flexibility index (Phi) is 7.42. The molecule has 0 unspecified atom stereocenters. The number of carbonyl (C=O) groups excluding carboxylic acids is 1. The van der Waals surface area contributed by atoms with Gasteiger partial charge in [0.15, 0.2) is 0 Å². The molecule has 3 aromatic rings. The van der Waals surface area contributed by atoms with E-state index in [2.05, 4.69) is 29.6 Å². The third-order valence-electron chi connectivity index (χ3n) is 8.19. The zero-order valence-corrected chi connectivity index (χ0v) is 23.3. The van der Waals surface area contributed by atoms with E-state index < -0.39 is 24.4 Å². The number of hydrogen-bond donors (Lipinski definition) is 2. The Morgan fingerprint density at radius 2 is 1.56 bits per heavy atom. The van der Waals surface area contributed by atoms with Gasteiger partial charge in [0.2, 0.25) is 0 Å². The van der Waals surface area contributed by atoms with Gasteiger partial charge in [0.05, 0.1) is 17.8 Å². The first-order valence-corrected chi connectivity index (χ1v) is 13.4. The lowest BCUT2D eigenvalue weighted by atomic mass is 9.76. The van der Waals surface area contributed by atoms with E-state index in [9.17, 15) is 9.90 Å². The van der Waals surface area contributed by atoms with Crippen molar-refractivity contribution in [2.75, 3.05) is 13.2 Å². The van der Waals surface area contributed by atoms with E-state index in [0.29, 0.717) is 0 Å². The summed E-state index contributed by atoms with van der Waals surface area (Å²) in [5, 5.41) is 12.4. The number of aliphatic hydroxyl groups is 1. The fraction of sp³-hybridized carbons (Fsp3) is 0.344. The molecule has 2 N–H and O–H groups in total. The van der Waals surface area contributed by atoms with Crippen LogP contribution in [0.4, 0.5) is 4.79 Å². The zero-order chi connectivity index (χ0) is 27.8. The van der Waals surface area contributed by atoms with E-state index in [1.54, 1.807) is 0 Å². The smallest absolute Gasteiger partial charge is 0.449 e. The van der Waals surface area contributed by atoms with Gasteiger partial charge in [-0.3, -0.25) is 0 Å². The number of carbonyl (C=O) groups is 1. The molecule has 1 aliphatic carbocycles. The summed E-state index contributed by atoms with van der Waals surface area (Å²) in [6.07, 6.45) is 1.49. The fourth-order valence-electron chi connectivity index (χ4n) is 5.22. The summed E-state index contributed by atoms with van der Waals surface area (Å²) in [6.45, 7) is 10.4. The highest BCUT2D eigenvalue weighted by atomic mass is 16.7. The Morgan fingerprint density at radius 3 is 2.13 bits per heavy atom. The summed E-state index contributed by atoms with van der Waals surface area (Å²) in [5.41, 5.74) is 7.29. The molecule has 5 rings (SSSR count). The molecule has 6 nitrogen and oxygen atoms in total. The summed E-state index contributed by atoms with van der Waals surface area (Å²) in [4.78, 5) is 12.9. The van der Waals surface area contributed by atoms with Crippen molar-refractivity contribution in [3.05, 3.63) is 100 Å². The maximum atomic E-state index is 12.9. The van der Waals surface area contributed by atoms with E-state index in [1.165, 1.54) is 22.3 Å². The molecular weight excluding hydrogens is 489 g/mol. The van der Waals surface area contributed by atoms with Gasteiger partial charge in [-0.15, -0.1) is 0 Å². The molecular formula is C32H36BNO5. The summed E-state index contributed by atoms with van der Waals surface area (Å²) in [6, 6.07) is 22.3. The molecule has 39 heavy (non-hydrogen) atoms. The van der Waals surface area contributed by atoms with Crippen LogP contribution in [0.25, 0.3) is 17.2 Å². The van der Waals surface area contributed by atoms with E-state index in [1.807, 2.05) is 83.2 Å². The summed E-state index contributed by atoms with van der Waals surface area (Å²) >= 11 is 0. The molecule has 0 aromatic heterocycles. The van der Waals surface area contributed by atoms with Crippen molar-refractivity contribution in [2.45, 2.75) is 58.3 Å². The van der Waals surface area contributed by atoms with Crippen LogP contribution in [0.5, 0.6) is 0 Å². The molecule has 7 heteroatoms. The van der Waals surface area contributed by atoms with E-state index in [-0.39, 0.29) is 25.7 Å². The van der Waals surface area contributed by atoms with Gasteiger partial charge in [-0.2, -0.15) is 0 Å². The Balaban J connectivity index is 1.31. The summed E-state index contributed by atoms with van der Waals surface area (Å²) in [7, 11) is -0.624. The van der Waals surface area contributed by atoms with Crippen molar-refractivity contribution in [2.24, 2.45) is 0 Å². The average Bonchev–Trinajstić information content (AvgIpc) is 3.35. The van der Waals surface area contributed by atoms with E-state index in [0.717, 1.165) is 22.2 Å². The van der Waals surface area contributed by atoms with Crippen molar-refractivity contribution >= 4 is 19.3 Å². The Hall–Kier alpha value is -3.39. The first-order valence-electron chi connectivity index (χ1n) is 13.4. The molecule has 0 radical (unpaired) electrons. The molecule has 0 bridgehead atoms. The van der Waals surface area contributed by atoms with Crippen LogP contribution in [-0.2, 0) is 20.7 Å². The lowest BCUT2D eigenvalue weighted by Crippen LogP contribution is -2.41. The van der Waals surface area contributed by atoms with Gasteiger partial charge < -0.3 is 24.5 Å². The van der Waals surface area contributed by atoms with Crippen LogP contribution in [0.2, 0.25) is 0 Å². The number of aliphatic hydroxyl groups excluding tert-OH is 1. The second kappa shape index (κ2) is 10.6. The van der Waals surface area contributed by atoms with Crippen LogP contribution < -0.4 is 5.32 Å². The third kappa shape index (κ3) is 5.39. The van der Waals surface area contributed by atoms with Crippen molar-refractivity contribution in [1.82, 2.24) is 5.32 Å². The first-order chi connectivity index (χ1) is 18.6. The van der Waals surface area contributed by atoms with Crippen molar-refractivity contribution < 1.29 is 23.9 Å². The largest absolute Gasteiger partial charge is 0.492 e. The van der Waals surface area contributed by atoms with E-state index >= 15 is 0 Å². The van der Waals surface area contributed by atoms with Crippen LogP contribution in [0.15, 0.2) is 72.2 Å². The number of amides is 1. The topological polar surface area (TPSA) is 77.0 Å². The maximum absolute atomic E-state index is 12.9. The van der Waals surface area contributed by atoms with Crippen LogP contribution in [0.3, 0.4) is 0 Å². The van der Waals surface area contributed by atoms with Gasteiger partial charge >= 0.3 is 13.2 Å². The number of rotatable bonds is 7. The summed E-state index contributed by atoms with van der Waals surface area (Å²) in [5.74, 6) is -0.00560. The summed E-state index contributed by atoms with van der Waals surface area (Å²) < 4.78 is 18.4. The van der Waals surface area contributed by atoms with Gasteiger partial charge in [-0.1, -0.05) is 72.8 Å². The highest BCUT2D eigenvalue weighted by molar-refractivity contribution is 6.56. The molecule has 1 amide bonds. The highest BCUT2D eigenvalue weighted by Gasteiger charge is 2.52. The molecule has 1 fully saturated rings.